The summed E-state index contributed by atoms with van der Waals surface area (Å²) in [4.78, 5) is 4.20. The molecule has 1 aliphatic rings. The van der Waals surface area contributed by atoms with Gasteiger partial charge < -0.3 is 10.1 Å². The lowest BCUT2D eigenvalue weighted by molar-refractivity contribution is -0.274. The molecule has 0 saturated carbocycles. The quantitative estimate of drug-likeness (QED) is 0.914. The van der Waals surface area contributed by atoms with E-state index in [9.17, 15) is 13.2 Å². The summed E-state index contributed by atoms with van der Waals surface area (Å²) < 4.78 is 39.9. The Kier molecular flexibility index (Phi) is 3.78. The minimum Gasteiger partial charge on any atom is -0.406 e. The fourth-order valence-electron chi connectivity index (χ4n) is 1.73. The van der Waals surface area contributed by atoms with Crippen LogP contribution in [0.4, 0.5) is 13.2 Å². The summed E-state index contributed by atoms with van der Waals surface area (Å²) in [6, 6.07) is 5.83. The molecule has 3 nitrogen and oxygen atoms in total. The molecule has 102 valence electrons. The Hall–Kier alpha value is -1.98. The lowest BCUT2D eigenvalue weighted by Crippen LogP contribution is -2.19. The van der Waals surface area contributed by atoms with Crippen LogP contribution in [0.1, 0.15) is 18.9 Å². The van der Waals surface area contributed by atoms with Crippen molar-refractivity contribution in [1.29, 1.82) is 0 Å². The lowest BCUT2D eigenvalue weighted by atomic mass is 10.1. The van der Waals surface area contributed by atoms with E-state index in [1.165, 1.54) is 12.1 Å². The zero-order valence-corrected chi connectivity index (χ0v) is 10.2. The Balaban J connectivity index is 2.12. The number of hydrogen-bond acceptors (Lipinski definition) is 3. The van der Waals surface area contributed by atoms with Crippen LogP contribution in [0.3, 0.4) is 0 Å². The van der Waals surface area contributed by atoms with Crippen molar-refractivity contribution in [2.45, 2.75) is 25.7 Å². The van der Waals surface area contributed by atoms with E-state index in [0.29, 0.717) is 0 Å². The van der Waals surface area contributed by atoms with Crippen molar-refractivity contribution < 1.29 is 17.9 Å². The molecular formula is C13H13F3N2O. The highest BCUT2D eigenvalue weighted by molar-refractivity contribution is 5.78. The molecule has 1 aromatic rings. The molecule has 0 aliphatic carbocycles. The van der Waals surface area contributed by atoms with Gasteiger partial charge in [-0.25, -0.2) is 0 Å². The van der Waals surface area contributed by atoms with Gasteiger partial charge in [-0.15, -0.1) is 13.2 Å². The predicted molar refractivity (Wildman–Crippen MR) is 66.8 cm³/mol. The normalized spacial score (nSPS) is 18.7. The van der Waals surface area contributed by atoms with Gasteiger partial charge in [-0.3, -0.25) is 4.99 Å². The summed E-state index contributed by atoms with van der Waals surface area (Å²) in [5.41, 5.74) is 1.62. The zero-order chi connectivity index (χ0) is 13.9. The van der Waals surface area contributed by atoms with Crippen molar-refractivity contribution >= 4 is 12.0 Å². The molecule has 19 heavy (non-hydrogen) atoms. The fraction of sp³-hybridized carbons (Fsp3) is 0.308. The Morgan fingerprint density at radius 3 is 2.53 bits per heavy atom. The summed E-state index contributed by atoms with van der Waals surface area (Å²) >= 11 is 0. The summed E-state index contributed by atoms with van der Waals surface area (Å²) in [5, 5.41) is 2.97. The van der Waals surface area contributed by atoms with Gasteiger partial charge in [0.2, 0.25) is 0 Å². The monoisotopic (exact) mass is 270 g/mol. The minimum absolute atomic E-state index is 0.0994. The maximum absolute atomic E-state index is 12.0. The van der Waals surface area contributed by atoms with Crippen LogP contribution in [0.2, 0.25) is 0 Å². The molecule has 2 rings (SSSR count). The van der Waals surface area contributed by atoms with Gasteiger partial charge in [-0.05, 0) is 42.3 Å². The Labute approximate surface area is 108 Å². The Morgan fingerprint density at radius 2 is 1.95 bits per heavy atom. The largest absolute Gasteiger partial charge is 0.573 e. The highest BCUT2D eigenvalue weighted by Gasteiger charge is 2.30. The maximum atomic E-state index is 12.0. The van der Waals surface area contributed by atoms with Gasteiger partial charge in [0.25, 0.3) is 0 Å². The van der Waals surface area contributed by atoms with E-state index in [2.05, 4.69) is 15.0 Å². The lowest BCUT2D eigenvalue weighted by Gasteiger charge is -2.16. The van der Waals surface area contributed by atoms with Crippen LogP contribution in [-0.4, -0.2) is 18.7 Å². The van der Waals surface area contributed by atoms with E-state index in [4.69, 9.17) is 0 Å². The number of aliphatic imine (C=N–C) groups is 1. The third-order valence-corrected chi connectivity index (χ3v) is 2.66. The van der Waals surface area contributed by atoms with E-state index >= 15 is 0 Å². The molecule has 1 heterocycles. The molecule has 0 radical (unpaired) electrons. The first kappa shape index (κ1) is 13.5. The summed E-state index contributed by atoms with van der Waals surface area (Å²) in [6.45, 7) is 2.02. The highest BCUT2D eigenvalue weighted by Crippen LogP contribution is 2.24. The van der Waals surface area contributed by atoms with Gasteiger partial charge in [0, 0.05) is 5.70 Å². The molecule has 0 spiro atoms. The van der Waals surface area contributed by atoms with E-state index in [1.807, 2.05) is 13.0 Å². The SMILES string of the molecule is CCC1C=C(c2ccc(OC(F)(F)F)cc2)NC=N1. The van der Waals surface area contributed by atoms with Gasteiger partial charge in [0.15, 0.2) is 0 Å². The third kappa shape index (κ3) is 3.74. The smallest absolute Gasteiger partial charge is 0.406 e. The molecule has 0 amide bonds. The molecule has 1 unspecified atom stereocenters. The standard InChI is InChI=1S/C13H13F3N2O/c1-2-10-7-12(18-8-17-10)9-3-5-11(6-4-9)19-13(14,15)16/h3-8,10H,2H2,1H3,(H,17,18). The van der Waals surface area contributed by atoms with Crippen molar-refractivity contribution in [3.63, 3.8) is 0 Å². The van der Waals surface area contributed by atoms with Crippen molar-refractivity contribution in [3.8, 4) is 5.75 Å². The summed E-state index contributed by atoms with van der Waals surface area (Å²) in [6.07, 6.45) is -0.246. The summed E-state index contributed by atoms with van der Waals surface area (Å²) in [7, 11) is 0. The van der Waals surface area contributed by atoms with Crippen molar-refractivity contribution in [3.05, 3.63) is 35.9 Å². The van der Waals surface area contributed by atoms with Crippen molar-refractivity contribution in [2.24, 2.45) is 4.99 Å². The average molecular weight is 270 g/mol. The first-order valence-corrected chi connectivity index (χ1v) is 5.84. The highest BCUT2D eigenvalue weighted by atomic mass is 19.4. The molecule has 1 aromatic carbocycles. The summed E-state index contributed by atoms with van der Waals surface area (Å²) in [5.74, 6) is -0.228. The van der Waals surface area contributed by atoms with Crippen LogP contribution >= 0.6 is 0 Å². The fourth-order valence-corrected chi connectivity index (χ4v) is 1.73. The number of halogens is 3. The van der Waals surface area contributed by atoms with Crippen LogP contribution < -0.4 is 10.1 Å². The van der Waals surface area contributed by atoms with E-state index in [0.717, 1.165) is 17.7 Å². The van der Waals surface area contributed by atoms with Crippen molar-refractivity contribution in [2.75, 3.05) is 0 Å². The van der Waals surface area contributed by atoms with Gasteiger partial charge in [-0.1, -0.05) is 6.92 Å². The number of alkyl halides is 3. The topological polar surface area (TPSA) is 33.6 Å². The maximum Gasteiger partial charge on any atom is 0.573 e. The number of hydrogen-bond donors (Lipinski definition) is 1. The van der Waals surface area contributed by atoms with E-state index in [1.54, 1.807) is 18.5 Å². The van der Waals surface area contributed by atoms with Crippen LogP contribution in [0.5, 0.6) is 5.75 Å². The first-order valence-electron chi connectivity index (χ1n) is 5.84. The molecule has 0 saturated heterocycles. The number of rotatable bonds is 3. The molecule has 0 aromatic heterocycles. The van der Waals surface area contributed by atoms with Crippen molar-refractivity contribution in [1.82, 2.24) is 5.32 Å². The zero-order valence-electron chi connectivity index (χ0n) is 10.2. The van der Waals surface area contributed by atoms with Gasteiger partial charge in [0.05, 0.1) is 12.4 Å². The Bertz CT molecular complexity index is 492. The second-order valence-electron chi connectivity index (χ2n) is 4.05. The van der Waals surface area contributed by atoms with Crippen LogP contribution in [-0.2, 0) is 0 Å². The second kappa shape index (κ2) is 5.34. The molecule has 0 bridgehead atoms. The average Bonchev–Trinajstić information content (AvgIpc) is 2.38. The number of benzene rings is 1. The van der Waals surface area contributed by atoms with Gasteiger partial charge in [0.1, 0.15) is 5.75 Å². The van der Waals surface area contributed by atoms with Crippen LogP contribution in [0.15, 0.2) is 35.3 Å². The van der Waals surface area contributed by atoms with Crippen LogP contribution in [0.25, 0.3) is 5.70 Å². The van der Waals surface area contributed by atoms with E-state index in [-0.39, 0.29) is 11.8 Å². The second-order valence-corrected chi connectivity index (χ2v) is 4.05. The molecule has 6 heteroatoms. The molecule has 0 fully saturated rings. The van der Waals surface area contributed by atoms with E-state index < -0.39 is 6.36 Å². The van der Waals surface area contributed by atoms with Crippen LogP contribution in [0, 0.1) is 0 Å². The molecule has 1 aliphatic heterocycles. The first-order chi connectivity index (χ1) is 8.98. The number of nitrogens with zero attached hydrogens (tertiary/aromatic N) is 1. The number of ether oxygens (including phenoxy) is 1. The number of nitrogens with one attached hydrogen (secondary N) is 1. The third-order valence-electron chi connectivity index (χ3n) is 2.66. The Morgan fingerprint density at radius 1 is 1.26 bits per heavy atom. The minimum atomic E-state index is -4.66. The van der Waals surface area contributed by atoms with Gasteiger partial charge >= 0.3 is 6.36 Å². The molecular weight excluding hydrogens is 257 g/mol. The molecule has 1 N–H and O–H groups in total. The predicted octanol–water partition coefficient (Wildman–Crippen LogP) is 3.34. The molecule has 1 atom stereocenters. The van der Waals surface area contributed by atoms with Gasteiger partial charge in [-0.2, -0.15) is 0 Å².